The van der Waals surface area contributed by atoms with E-state index in [4.69, 9.17) is 28.3 Å². The summed E-state index contributed by atoms with van der Waals surface area (Å²) in [4.78, 5) is 6.56. The number of sulfonamides is 1. The number of primary sulfonamides is 1. The number of benzene rings is 1. The highest BCUT2D eigenvalue weighted by atomic mass is 35.5. The number of nitrogens with one attached hydrogen (secondary N) is 1. The lowest BCUT2D eigenvalue weighted by atomic mass is 10.2. The molecule has 1 heterocycles. The molecule has 0 atom stereocenters. The average molecular weight is 292 g/mol. The molecule has 3 N–H and O–H groups in total. The molecule has 0 aliphatic carbocycles. The molecule has 0 saturated carbocycles. The molecule has 0 radical (unpaired) electrons. The topological polar surface area (TPSA) is 88.8 Å². The fourth-order valence-corrected chi connectivity index (χ4v) is 1.98. The molecule has 0 saturated heterocycles. The maximum absolute atomic E-state index is 11.0. The molecule has 1 aromatic heterocycles. The second kappa shape index (κ2) is 4.30. The predicted molar refractivity (Wildman–Crippen MR) is 65.4 cm³/mol. The van der Waals surface area contributed by atoms with Crippen LogP contribution in [0.5, 0.6) is 0 Å². The monoisotopic (exact) mass is 291 g/mol. The molecular weight excluding hydrogens is 285 g/mol. The summed E-state index contributed by atoms with van der Waals surface area (Å²) in [6.45, 7) is 0. The van der Waals surface area contributed by atoms with Crippen LogP contribution in [0.1, 0.15) is 0 Å². The number of aromatic nitrogens is 2. The SMILES string of the molecule is NS(=O)(=O)c1c[nH]c(-c2ccc(Cl)c(Cl)c2)n1. The molecule has 5 nitrogen and oxygen atoms in total. The summed E-state index contributed by atoms with van der Waals surface area (Å²) < 4.78 is 22.1. The lowest BCUT2D eigenvalue weighted by molar-refractivity contribution is 0.595. The maximum atomic E-state index is 11.0. The third-order valence-corrected chi connectivity index (χ3v) is 3.57. The van der Waals surface area contributed by atoms with E-state index in [1.807, 2.05) is 0 Å². The van der Waals surface area contributed by atoms with Gasteiger partial charge in [0.1, 0.15) is 5.82 Å². The zero-order chi connectivity index (χ0) is 12.6. The summed E-state index contributed by atoms with van der Waals surface area (Å²) in [7, 11) is -3.81. The van der Waals surface area contributed by atoms with Gasteiger partial charge < -0.3 is 4.98 Å². The molecule has 0 aliphatic heterocycles. The number of imidazole rings is 1. The van der Waals surface area contributed by atoms with Crippen molar-refractivity contribution in [3.63, 3.8) is 0 Å². The molecule has 90 valence electrons. The van der Waals surface area contributed by atoms with Gasteiger partial charge in [-0.1, -0.05) is 23.2 Å². The minimum absolute atomic E-state index is 0.224. The zero-order valence-electron chi connectivity index (χ0n) is 8.31. The first-order valence-corrected chi connectivity index (χ1v) is 6.72. The number of halogens is 2. The van der Waals surface area contributed by atoms with E-state index in [-0.39, 0.29) is 5.03 Å². The third-order valence-electron chi connectivity index (χ3n) is 2.04. The van der Waals surface area contributed by atoms with E-state index in [0.717, 1.165) is 0 Å². The Kier molecular flexibility index (Phi) is 3.13. The van der Waals surface area contributed by atoms with Crippen molar-refractivity contribution in [2.45, 2.75) is 5.03 Å². The molecule has 2 rings (SSSR count). The summed E-state index contributed by atoms with van der Waals surface area (Å²) in [5, 5.41) is 5.49. The van der Waals surface area contributed by atoms with Crippen LogP contribution in [0.4, 0.5) is 0 Å². The van der Waals surface area contributed by atoms with Crippen molar-refractivity contribution in [2.75, 3.05) is 0 Å². The van der Waals surface area contributed by atoms with Crippen LogP contribution in [0.3, 0.4) is 0 Å². The first kappa shape index (κ1) is 12.4. The van der Waals surface area contributed by atoms with E-state index in [2.05, 4.69) is 9.97 Å². The van der Waals surface area contributed by atoms with E-state index in [0.29, 0.717) is 21.4 Å². The average Bonchev–Trinajstić information content (AvgIpc) is 2.70. The molecule has 1 aromatic carbocycles. The molecule has 0 amide bonds. The van der Waals surface area contributed by atoms with Gasteiger partial charge in [-0.3, -0.25) is 0 Å². The number of hydrogen-bond acceptors (Lipinski definition) is 3. The van der Waals surface area contributed by atoms with Crippen molar-refractivity contribution in [3.05, 3.63) is 34.4 Å². The van der Waals surface area contributed by atoms with Crippen LogP contribution in [0, 0.1) is 0 Å². The lowest BCUT2D eigenvalue weighted by Crippen LogP contribution is -2.12. The first-order chi connectivity index (χ1) is 7.88. The Morgan fingerprint density at radius 1 is 1.24 bits per heavy atom. The molecule has 0 aliphatic rings. The van der Waals surface area contributed by atoms with Crippen molar-refractivity contribution < 1.29 is 8.42 Å². The molecule has 0 fully saturated rings. The van der Waals surface area contributed by atoms with Gasteiger partial charge in [0.25, 0.3) is 10.0 Å². The Morgan fingerprint density at radius 3 is 2.47 bits per heavy atom. The van der Waals surface area contributed by atoms with E-state index in [1.54, 1.807) is 18.2 Å². The van der Waals surface area contributed by atoms with Crippen LogP contribution in [0.15, 0.2) is 29.4 Å². The van der Waals surface area contributed by atoms with Crippen LogP contribution < -0.4 is 5.14 Å². The minimum atomic E-state index is -3.81. The molecule has 0 spiro atoms. The van der Waals surface area contributed by atoms with Crippen molar-refractivity contribution in [1.82, 2.24) is 9.97 Å². The van der Waals surface area contributed by atoms with Crippen molar-refractivity contribution in [3.8, 4) is 11.4 Å². The summed E-state index contributed by atoms with van der Waals surface area (Å²) in [5.41, 5.74) is 0.620. The molecule has 2 aromatic rings. The molecule has 8 heteroatoms. The quantitative estimate of drug-likeness (QED) is 0.887. The number of rotatable bonds is 2. The fourth-order valence-electron chi connectivity index (χ4n) is 1.24. The Labute approximate surface area is 108 Å². The van der Waals surface area contributed by atoms with Gasteiger partial charge in [-0.2, -0.15) is 0 Å². The second-order valence-electron chi connectivity index (χ2n) is 3.26. The van der Waals surface area contributed by atoms with Gasteiger partial charge in [0.2, 0.25) is 0 Å². The molecule has 0 bridgehead atoms. The summed E-state index contributed by atoms with van der Waals surface area (Å²) in [6.07, 6.45) is 1.22. The van der Waals surface area contributed by atoms with Gasteiger partial charge in [0.05, 0.1) is 10.0 Å². The highest BCUT2D eigenvalue weighted by molar-refractivity contribution is 7.89. The van der Waals surface area contributed by atoms with Crippen molar-refractivity contribution >= 4 is 33.2 Å². The third kappa shape index (κ3) is 2.61. The van der Waals surface area contributed by atoms with Crippen LogP contribution in [-0.4, -0.2) is 18.4 Å². The summed E-state index contributed by atoms with van der Waals surface area (Å²) in [5.74, 6) is 0.354. The Balaban J connectivity index is 2.47. The van der Waals surface area contributed by atoms with E-state index < -0.39 is 10.0 Å². The maximum Gasteiger partial charge on any atom is 0.257 e. The van der Waals surface area contributed by atoms with Gasteiger partial charge in [-0.25, -0.2) is 18.5 Å². The van der Waals surface area contributed by atoms with Crippen molar-refractivity contribution in [1.29, 1.82) is 0 Å². The Morgan fingerprint density at radius 2 is 1.94 bits per heavy atom. The van der Waals surface area contributed by atoms with Crippen LogP contribution in [-0.2, 0) is 10.0 Å². The van der Waals surface area contributed by atoms with Crippen LogP contribution in [0.2, 0.25) is 10.0 Å². The van der Waals surface area contributed by atoms with E-state index >= 15 is 0 Å². The minimum Gasteiger partial charge on any atom is -0.343 e. The normalized spacial score (nSPS) is 11.7. The number of aromatic amines is 1. The highest BCUT2D eigenvalue weighted by Gasteiger charge is 2.13. The van der Waals surface area contributed by atoms with Gasteiger partial charge in [-0.05, 0) is 18.2 Å². The largest absolute Gasteiger partial charge is 0.343 e. The van der Waals surface area contributed by atoms with Gasteiger partial charge in [-0.15, -0.1) is 0 Å². The fraction of sp³-hybridized carbons (Fsp3) is 0. The zero-order valence-corrected chi connectivity index (χ0v) is 10.6. The first-order valence-electron chi connectivity index (χ1n) is 4.41. The lowest BCUT2D eigenvalue weighted by Gasteiger charge is -1.99. The Hall–Kier alpha value is -1.08. The van der Waals surface area contributed by atoms with Crippen LogP contribution in [0.25, 0.3) is 11.4 Å². The number of nitrogens with two attached hydrogens (primary N) is 1. The summed E-state index contributed by atoms with van der Waals surface area (Å²) in [6, 6.07) is 4.84. The standard InChI is InChI=1S/C9H7Cl2N3O2S/c10-6-2-1-5(3-7(6)11)9-13-4-8(14-9)17(12,15)16/h1-4H,(H,13,14)(H2,12,15,16). The molecule has 17 heavy (non-hydrogen) atoms. The van der Waals surface area contributed by atoms with Gasteiger partial charge in [0.15, 0.2) is 5.03 Å². The predicted octanol–water partition coefficient (Wildman–Crippen LogP) is 2.03. The highest BCUT2D eigenvalue weighted by Crippen LogP contribution is 2.27. The van der Waals surface area contributed by atoms with Gasteiger partial charge in [0, 0.05) is 11.8 Å². The van der Waals surface area contributed by atoms with E-state index in [9.17, 15) is 8.42 Å². The second-order valence-corrected chi connectivity index (χ2v) is 5.58. The smallest absolute Gasteiger partial charge is 0.257 e. The molecule has 0 unspecified atom stereocenters. The van der Waals surface area contributed by atoms with Crippen molar-refractivity contribution in [2.24, 2.45) is 5.14 Å². The number of hydrogen-bond donors (Lipinski definition) is 2. The summed E-state index contributed by atoms with van der Waals surface area (Å²) >= 11 is 11.6. The van der Waals surface area contributed by atoms with Gasteiger partial charge >= 0.3 is 0 Å². The number of H-pyrrole nitrogens is 1. The van der Waals surface area contributed by atoms with E-state index in [1.165, 1.54) is 6.20 Å². The van der Waals surface area contributed by atoms with Crippen LogP contribution >= 0.6 is 23.2 Å². The Bertz CT molecular complexity index is 667. The molecular formula is C9H7Cl2N3O2S. The number of nitrogens with zero attached hydrogens (tertiary/aromatic N) is 1.